The third-order valence-corrected chi connectivity index (χ3v) is 2.09. The van der Waals surface area contributed by atoms with E-state index in [-0.39, 0.29) is 0 Å². The van der Waals surface area contributed by atoms with E-state index in [4.69, 9.17) is 5.21 Å². The molecule has 4 nitrogen and oxygen atoms in total. The molecule has 8 heavy (non-hydrogen) atoms. The molecule has 1 heterocycles. The van der Waals surface area contributed by atoms with Gasteiger partial charge in [-0.25, -0.2) is 4.21 Å². The van der Waals surface area contributed by atoms with Crippen LogP contribution in [-0.2, 0) is 11.0 Å². The molecule has 1 aliphatic rings. The quantitative estimate of drug-likeness (QED) is 0.444. The van der Waals surface area contributed by atoms with E-state index in [0.717, 1.165) is 11.0 Å². The summed E-state index contributed by atoms with van der Waals surface area (Å²) in [6, 6.07) is 0. The Bertz CT molecular complexity index is 107. The fourth-order valence-corrected chi connectivity index (χ4v) is 1.28. The van der Waals surface area contributed by atoms with E-state index < -0.39 is 11.0 Å². The lowest BCUT2D eigenvalue weighted by Crippen LogP contribution is -2.42. The average molecular weight is 136 g/mol. The number of nitrogens with zero attached hydrogens (tertiary/aromatic N) is 1. The van der Waals surface area contributed by atoms with E-state index in [1.165, 1.54) is 0 Å². The van der Waals surface area contributed by atoms with Crippen LogP contribution in [0.15, 0.2) is 0 Å². The van der Waals surface area contributed by atoms with Crippen molar-refractivity contribution in [1.82, 2.24) is 9.79 Å². The molecule has 1 aliphatic heterocycles. The van der Waals surface area contributed by atoms with Crippen LogP contribution in [0.1, 0.15) is 0 Å². The summed E-state index contributed by atoms with van der Waals surface area (Å²) in [7, 11) is -1.16. The molecule has 1 fully saturated rings. The van der Waals surface area contributed by atoms with E-state index in [1.807, 2.05) is 0 Å². The molecule has 1 rings (SSSR count). The van der Waals surface area contributed by atoms with Gasteiger partial charge in [-0.3, -0.25) is 5.21 Å². The van der Waals surface area contributed by atoms with Gasteiger partial charge in [-0.1, -0.05) is 4.47 Å². The zero-order valence-corrected chi connectivity index (χ0v) is 5.15. The number of nitrogens with one attached hydrogen (secondary N) is 1. The number of rotatable bonds is 0. The normalized spacial score (nSPS) is 32.9. The van der Waals surface area contributed by atoms with Gasteiger partial charge in [0.15, 0.2) is 0 Å². The summed E-state index contributed by atoms with van der Waals surface area (Å²) < 4.78 is 11.3. The van der Waals surface area contributed by atoms with Crippen LogP contribution in [0.25, 0.3) is 0 Å². The maximum absolute atomic E-state index is 10.5. The number of hydrogen-bond acceptors (Lipinski definition) is 3. The molecule has 1 atom stereocenters. The van der Waals surface area contributed by atoms with Crippen LogP contribution in [-0.4, -0.2) is 32.9 Å². The van der Waals surface area contributed by atoms with Crippen molar-refractivity contribution in [2.45, 2.75) is 0 Å². The molecule has 0 radical (unpaired) electrons. The Kier molecular flexibility index (Phi) is 1.95. The summed E-state index contributed by atoms with van der Waals surface area (Å²) in [5.74, 6) is 0.510. The monoisotopic (exact) mass is 136 g/mol. The molecule has 1 saturated heterocycles. The van der Waals surface area contributed by atoms with Crippen LogP contribution in [0.5, 0.6) is 0 Å². The first kappa shape index (κ1) is 6.15. The first-order valence-corrected chi connectivity index (χ1v) is 3.64. The van der Waals surface area contributed by atoms with E-state index in [0.29, 0.717) is 12.4 Å². The fourth-order valence-electron chi connectivity index (χ4n) is 0.512. The highest BCUT2D eigenvalue weighted by Crippen LogP contribution is 1.91. The zero-order valence-electron chi connectivity index (χ0n) is 4.33. The van der Waals surface area contributed by atoms with Crippen molar-refractivity contribution in [3.05, 3.63) is 0 Å². The molecule has 0 spiro atoms. The Balaban J connectivity index is 2.39. The van der Waals surface area contributed by atoms with Gasteiger partial charge >= 0.3 is 0 Å². The minimum atomic E-state index is -1.16. The van der Waals surface area contributed by atoms with E-state index >= 15 is 0 Å². The Morgan fingerprint density at radius 2 is 2.50 bits per heavy atom. The van der Waals surface area contributed by atoms with Gasteiger partial charge in [0.25, 0.3) is 0 Å². The Morgan fingerprint density at radius 1 is 1.75 bits per heavy atom. The van der Waals surface area contributed by atoms with Crippen molar-refractivity contribution in [1.29, 1.82) is 0 Å². The molecule has 0 amide bonds. The predicted octanol–water partition coefficient (Wildman–Crippen LogP) is -1.10. The zero-order chi connectivity index (χ0) is 5.98. The Labute approximate surface area is 50.0 Å². The maximum atomic E-state index is 10.5. The van der Waals surface area contributed by atoms with Crippen molar-refractivity contribution in [3.8, 4) is 0 Å². The molecule has 5 heteroatoms. The summed E-state index contributed by atoms with van der Waals surface area (Å²) in [5.41, 5.74) is 0. The van der Waals surface area contributed by atoms with Gasteiger partial charge in [0.2, 0.25) is 0 Å². The average Bonchev–Trinajstić information content (AvgIpc) is 1.77. The minimum Gasteiger partial charge on any atom is -0.301 e. The first-order valence-electron chi connectivity index (χ1n) is 2.36. The lowest BCUT2D eigenvalue weighted by molar-refractivity contribution is -0.00120. The highest BCUT2D eigenvalue weighted by molar-refractivity contribution is 7.82. The number of hydrogen-bond donors (Lipinski definition) is 2. The highest BCUT2D eigenvalue weighted by Gasteiger charge is 2.13. The second-order valence-corrected chi connectivity index (χ2v) is 3.01. The lowest BCUT2D eigenvalue weighted by atomic mass is 10.7. The summed E-state index contributed by atoms with van der Waals surface area (Å²) in [6.45, 7) is 1.04. The molecule has 2 N–H and O–H groups in total. The van der Waals surface area contributed by atoms with Gasteiger partial charge in [-0.15, -0.1) is 0 Å². The molecule has 0 bridgehead atoms. The lowest BCUT2D eigenvalue weighted by Gasteiger charge is -2.18. The van der Waals surface area contributed by atoms with Crippen LogP contribution in [0.4, 0.5) is 0 Å². The van der Waals surface area contributed by atoms with Gasteiger partial charge in [0.05, 0.1) is 12.4 Å². The van der Waals surface area contributed by atoms with Crippen molar-refractivity contribution < 1.29 is 9.42 Å². The minimum absolute atomic E-state index is 0.312. The van der Waals surface area contributed by atoms with Crippen LogP contribution in [0.2, 0.25) is 0 Å². The van der Waals surface area contributed by atoms with Crippen LogP contribution >= 0.6 is 0 Å². The predicted molar refractivity (Wildman–Crippen MR) is 29.5 cm³/mol. The largest absolute Gasteiger partial charge is 0.301 e. The molecular formula is C3H8N2O2S. The van der Waals surface area contributed by atoms with Crippen molar-refractivity contribution in [3.63, 3.8) is 0 Å². The molecule has 0 aromatic carbocycles. The third-order valence-electron chi connectivity index (χ3n) is 0.936. The summed E-state index contributed by atoms with van der Waals surface area (Å²) in [4.78, 5) is 0. The molecule has 0 aliphatic carbocycles. The summed E-state index contributed by atoms with van der Waals surface area (Å²) in [6.07, 6.45) is 0. The molecular weight excluding hydrogens is 128 g/mol. The first-order chi connectivity index (χ1) is 3.80. The SMILES string of the molecule is O=S1CCNCN1O. The van der Waals surface area contributed by atoms with Crippen LogP contribution < -0.4 is 5.32 Å². The van der Waals surface area contributed by atoms with Crippen molar-refractivity contribution in [2.75, 3.05) is 19.0 Å². The second-order valence-electron chi connectivity index (χ2n) is 1.54. The van der Waals surface area contributed by atoms with E-state index in [9.17, 15) is 4.21 Å². The summed E-state index contributed by atoms with van der Waals surface area (Å²) >= 11 is 0. The molecule has 48 valence electrons. The van der Waals surface area contributed by atoms with Crippen LogP contribution in [0.3, 0.4) is 0 Å². The molecule has 0 saturated carbocycles. The number of hydroxylamine groups is 1. The van der Waals surface area contributed by atoms with Crippen molar-refractivity contribution in [2.24, 2.45) is 0 Å². The topological polar surface area (TPSA) is 52.6 Å². The van der Waals surface area contributed by atoms with Gasteiger partial charge in [0.1, 0.15) is 11.0 Å². The fraction of sp³-hybridized carbons (Fsp3) is 1.00. The second kappa shape index (κ2) is 2.54. The third kappa shape index (κ3) is 1.25. The van der Waals surface area contributed by atoms with Gasteiger partial charge in [-0.05, 0) is 0 Å². The van der Waals surface area contributed by atoms with Crippen LogP contribution in [0, 0.1) is 0 Å². The van der Waals surface area contributed by atoms with E-state index in [1.54, 1.807) is 0 Å². The highest BCUT2D eigenvalue weighted by atomic mass is 32.2. The standard InChI is InChI=1S/C3H8N2O2S/c6-5-3-4-1-2-8(5)7/h4,6H,1-3H2. The maximum Gasteiger partial charge on any atom is 0.120 e. The summed E-state index contributed by atoms with van der Waals surface area (Å²) in [5, 5.41) is 11.5. The van der Waals surface area contributed by atoms with E-state index in [2.05, 4.69) is 5.32 Å². The molecule has 0 aromatic heterocycles. The Hall–Kier alpha value is 0.0300. The van der Waals surface area contributed by atoms with Gasteiger partial charge < -0.3 is 5.32 Å². The smallest absolute Gasteiger partial charge is 0.120 e. The Morgan fingerprint density at radius 3 is 2.88 bits per heavy atom. The van der Waals surface area contributed by atoms with Crippen molar-refractivity contribution >= 4 is 11.0 Å². The molecule has 0 aromatic rings. The van der Waals surface area contributed by atoms with Gasteiger partial charge in [-0.2, -0.15) is 0 Å². The van der Waals surface area contributed by atoms with Gasteiger partial charge in [0, 0.05) is 6.54 Å². The molecule has 1 unspecified atom stereocenters.